The summed E-state index contributed by atoms with van der Waals surface area (Å²) in [7, 11) is 1.48. The van der Waals surface area contributed by atoms with Gasteiger partial charge in [0.1, 0.15) is 6.04 Å². The van der Waals surface area contributed by atoms with Crippen LogP contribution < -0.4 is 16.0 Å². The van der Waals surface area contributed by atoms with E-state index in [0.717, 1.165) is 16.5 Å². The Hall–Kier alpha value is -1.40. The zero-order chi connectivity index (χ0) is 15.1. The third-order valence-electron chi connectivity index (χ3n) is 3.14. The summed E-state index contributed by atoms with van der Waals surface area (Å²) in [5.41, 5.74) is 1.16. The van der Waals surface area contributed by atoms with Gasteiger partial charge in [0, 0.05) is 23.5 Å². The highest BCUT2D eigenvalue weighted by atomic mass is 79.9. The summed E-state index contributed by atoms with van der Waals surface area (Å²) in [5.74, 6) is -0.292. The van der Waals surface area contributed by atoms with Crippen molar-refractivity contribution >= 4 is 27.9 Å². The minimum absolute atomic E-state index is 0.188. The fourth-order valence-electron chi connectivity index (χ4n) is 1.92. The van der Waals surface area contributed by atoms with Crippen LogP contribution >= 0.6 is 15.9 Å². The quantitative estimate of drug-likeness (QED) is 0.754. The van der Waals surface area contributed by atoms with Crippen molar-refractivity contribution in [3.63, 3.8) is 0 Å². The first-order chi connectivity index (χ1) is 9.47. The highest BCUT2D eigenvalue weighted by Gasteiger charge is 2.23. The molecule has 110 valence electrons. The molecule has 0 saturated heterocycles. The van der Waals surface area contributed by atoms with E-state index in [1.807, 2.05) is 29.6 Å². The van der Waals surface area contributed by atoms with Crippen LogP contribution in [0.2, 0.25) is 0 Å². The summed E-state index contributed by atoms with van der Waals surface area (Å²) in [6, 6.07) is 7.43. The summed E-state index contributed by atoms with van der Waals surface area (Å²) < 4.78 is 1.03. The monoisotopic (exact) mass is 342 g/mol. The smallest absolute Gasteiger partial charge is 0.321 e. The van der Waals surface area contributed by atoms with Gasteiger partial charge in [-0.25, -0.2) is 4.79 Å². The van der Waals surface area contributed by atoms with E-state index in [0.29, 0.717) is 0 Å². The molecule has 20 heavy (non-hydrogen) atoms. The highest BCUT2D eigenvalue weighted by Crippen LogP contribution is 2.16. The largest absolute Gasteiger partial charge is 0.341 e. The molecule has 6 heteroatoms. The number of nitrogens with one attached hydrogen (secondary N) is 2. The first-order valence-electron chi connectivity index (χ1n) is 6.61. The lowest BCUT2D eigenvalue weighted by Gasteiger charge is -2.18. The first-order valence-corrected chi connectivity index (χ1v) is 7.40. The molecular formula is C14H21BrN3O2+. The van der Waals surface area contributed by atoms with Gasteiger partial charge in [0.2, 0.25) is 0 Å². The van der Waals surface area contributed by atoms with Crippen molar-refractivity contribution < 1.29 is 14.9 Å². The van der Waals surface area contributed by atoms with E-state index in [1.165, 1.54) is 7.05 Å². The maximum atomic E-state index is 11.8. The van der Waals surface area contributed by atoms with Crippen LogP contribution in [0, 0.1) is 0 Å². The van der Waals surface area contributed by atoms with E-state index >= 15 is 0 Å². The van der Waals surface area contributed by atoms with Crippen LogP contribution in [0.15, 0.2) is 28.7 Å². The van der Waals surface area contributed by atoms with E-state index in [9.17, 15) is 9.59 Å². The number of hydrogen-bond donors (Lipinski definition) is 3. The molecule has 0 bridgehead atoms. The van der Waals surface area contributed by atoms with Crippen molar-refractivity contribution in [3.8, 4) is 0 Å². The minimum atomic E-state index is -0.480. The summed E-state index contributed by atoms with van der Waals surface area (Å²) >= 11 is 3.41. The number of quaternary nitrogens is 1. The Balaban J connectivity index is 2.66. The molecule has 0 unspecified atom stereocenters. The molecule has 0 aliphatic rings. The second-order valence-corrected chi connectivity index (χ2v) is 5.53. The van der Waals surface area contributed by atoms with E-state index in [1.54, 1.807) is 6.92 Å². The second-order valence-electron chi connectivity index (χ2n) is 4.62. The van der Waals surface area contributed by atoms with Crippen molar-refractivity contribution in [2.75, 3.05) is 7.05 Å². The first kappa shape index (κ1) is 16.7. The number of urea groups is 1. The summed E-state index contributed by atoms with van der Waals surface area (Å²) in [6.07, 6.45) is 0.902. The average Bonchev–Trinajstić information content (AvgIpc) is 2.45. The van der Waals surface area contributed by atoms with Gasteiger partial charge in [-0.05, 0) is 19.1 Å². The highest BCUT2D eigenvalue weighted by molar-refractivity contribution is 9.10. The summed E-state index contributed by atoms with van der Waals surface area (Å²) in [5, 5.41) is 6.63. The number of benzene rings is 1. The number of rotatable bonds is 5. The normalized spacial score (nSPS) is 13.4. The molecule has 0 aromatic heterocycles. The zero-order valence-electron chi connectivity index (χ0n) is 11.9. The molecular weight excluding hydrogens is 322 g/mol. The molecule has 4 N–H and O–H groups in total. The van der Waals surface area contributed by atoms with Gasteiger partial charge in [0.25, 0.3) is 5.91 Å². The number of imide groups is 1. The molecule has 0 spiro atoms. The number of carbonyl (C=O) groups is 2. The second kappa shape index (κ2) is 8.01. The fraction of sp³-hybridized carbons (Fsp3) is 0.429. The molecule has 0 saturated carbocycles. The standard InChI is InChI=1S/C14H20BrN3O2/c1-4-12(10-5-7-11(15)8-6-10)17-9(2)13(19)18-14(20)16-3/h5-9,12,17H,4H2,1-3H3,(H2,16,18,19,20)/p+1/t9-,12-/m0/s1. The maximum Gasteiger partial charge on any atom is 0.321 e. The van der Waals surface area contributed by atoms with Crippen molar-refractivity contribution in [2.45, 2.75) is 32.4 Å². The van der Waals surface area contributed by atoms with Gasteiger partial charge in [-0.1, -0.05) is 35.0 Å². The van der Waals surface area contributed by atoms with Crippen LogP contribution in [0.4, 0.5) is 4.79 Å². The van der Waals surface area contributed by atoms with Crippen LogP contribution in [0.25, 0.3) is 0 Å². The van der Waals surface area contributed by atoms with Crippen molar-refractivity contribution in [2.24, 2.45) is 0 Å². The van der Waals surface area contributed by atoms with Gasteiger partial charge in [-0.2, -0.15) is 0 Å². The van der Waals surface area contributed by atoms with Crippen LogP contribution in [0.5, 0.6) is 0 Å². The molecule has 0 aliphatic heterocycles. The van der Waals surface area contributed by atoms with Gasteiger partial charge < -0.3 is 10.6 Å². The number of carbonyl (C=O) groups excluding carboxylic acids is 2. The van der Waals surface area contributed by atoms with E-state index in [-0.39, 0.29) is 18.0 Å². The van der Waals surface area contributed by atoms with Crippen molar-refractivity contribution in [1.82, 2.24) is 10.6 Å². The van der Waals surface area contributed by atoms with Gasteiger partial charge in [0.05, 0.1) is 0 Å². The molecule has 0 heterocycles. The fourth-order valence-corrected chi connectivity index (χ4v) is 2.18. The summed E-state index contributed by atoms with van der Waals surface area (Å²) in [6.45, 7) is 3.87. The molecule has 0 fully saturated rings. The summed E-state index contributed by atoms with van der Waals surface area (Å²) in [4.78, 5) is 23.0. The lowest BCUT2D eigenvalue weighted by molar-refractivity contribution is -0.713. The lowest BCUT2D eigenvalue weighted by atomic mass is 10.0. The van der Waals surface area contributed by atoms with Crippen molar-refractivity contribution in [3.05, 3.63) is 34.3 Å². The average molecular weight is 343 g/mol. The topological polar surface area (TPSA) is 74.8 Å². The van der Waals surface area contributed by atoms with Crippen molar-refractivity contribution in [1.29, 1.82) is 0 Å². The molecule has 5 nitrogen and oxygen atoms in total. The predicted molar refractivity (Wildman–Crippen MR) is 81.2 cm³/mol. The molecule has 2 atom stereocenters. The molecule has 1 rings (SSSR count). The van der Waals surface area contributed by atoms with E-state index in [2.05, 4.69) is 33.5 Å². The SMILES string of the molecule is CC[C@H]([NH2+][C@@H](C)C(=O)NC(=O)NC)c1ccc(Br)cc1. The predicted octanol–water partition coefficient (Wildman–Crippen LogP) is 1.31. The maximum absolute atomic E-state index is 11.8. The Bertz CT molecular complexity index is 462. The molecule has 0 radical (unpaired) electrons. The minimum Gasteiger partial charge on any atom is -0.341 e. The number of halogens is 1. The third-order valence-corrected chi connectivity index (χ3v) is 3.66. The molecule has 0 aliphatic carbocycles. The molecule has 1 aromatic rings. The molecule has 1 aromatic carbocycles. The Morgan fingerprint density at radius 1 is 1.30 bits per heavy atom. The van der Waals surface area contributed by atoms with Crippen LogP contribution in [0.1, 0.15) is 31.9 Å². The van der Waals surface area contributed by atoms with Gasteiger partial charge >= 0.3 is 6.03 Å². The number of hydrogen-bond acceptors (Lipinski definition) is 2. The van der Waals surface area contributed by atoms with E-state index < -0.39 is 6.03 Å². The molecule has 3 amide bonds. The Morgan fingerprint density at radius 3 is 2.40 bits per heavy atom. The van der Waals surface area contributed by atoms with Gasteiger partial charge in [-0.3, -0.25) is 10.1 Å². The number of amides is 3. The van der Waals surface area contributed by atoms with Gasteiger partial charge in [0.15, 0.2) is 6.04 Å². The number of nitrogens with two attached hydrogens (primary N) is 1. The van der Waals surface area contributed by atoms with Gasteiger partial charge in [-0.15, -0.1) is 0 Å². The Morgan fingerprint density at radius 2 is 1.90 bits per heavy atom. The Kier molecular flexibility index (Phi) is 6.67. The zero-order valence-corrected chi connectivity index (χ0v) is 13.5. The third kappa shape index (κ3) is 4.94. The van der Waals surface area contributed by atoms with Crippen LogP contribution in [-0.2, 0) is 4.79 Å². The van der Waals surface area contributed by atoms with Crippen LogP contribution in [-0.4, -0.2) is 25.0 Å². The van der Waals surface area contributed by atoms with Crippen LogP contribution in [0.3, 0.4) is 0 Å². The Labute approximate surface area is 127 Å². The lowest BCUT2D eigenvalue weighted by Crippen LogP contribution is -2.92. The van der Waals surface area contributed by atoms with E-state index in [4.69, 9.17) is 0 Å².